The number of rotatable bonds is 7. The second kappa shape index (κ2) is 10.4. The van der Waals surface area contributed by atoms with Crippen molar-refractivity contribution in [1.29, 1.82) is 0 Å². The fraction of sp³-hybridized carbons (Fsp3) is 0.259. The second-order valence-electron chi connectivity index (χ2n) is 9.50. The van der Waals surface area contributed by atoms with Crippen molar-refractivity contribution < 1.29 is 22.8 Å². The van der Waals surface area contributed by atoms with E-state index in [-0.39, 0.29) is 37.1 Å². The Kier molecular flexibility index (Phi) is 6.96. The molecule has 40 heavy (non-hydrogen) atoms. The van der Waals surface area contributed by atoms with Gasteiger partial charge in [0.2, 0.25) is 11.8 Å². The number of hydrogen-bond donors (Lipinski definition) is 1. The van der Waals surface area contributed by atoms with Crippen molar-refractivity contribution in [3.05, 3.63) is 71.8 Å². The van der Waals surface area contributed by atoms with Crippen LogP contribution in [0.1, 0.15) is 16.8 Å². The van der Waals surface area contributed by atoms with Crippen LogP contribution >= 0.6 is 0 Å². The summed E-state index contributed by atoms with van der Waals surface area (Å²) in [5.74, 6) is 1.16. The summed E-state index contributed by atoms with van der Waals surface area (Å²) in [6.45, 7) is 0.255. The molecule has 0 saturated heterocycles. The number of anilines is 2. The van der Waals surface area contributed by atoms with Crippen LogP contribution in [0, 0.1) is 0 Å². The molecule has 0 atom stereocenters. The minimum absolute atomic E-state index is 0.0400. The summed E-state index contributed by atoms with van der Waals surface area (Å²) in [4.78, 5) is 45.1. The Hall–Kier alpha value is -4.81. The maximum absolute atomic E-state index is 13.1. The molecule has 1 aliphatic heterocycles. The van der Waals surface area contributed by atoms with Crippen LogP contribution in [0.25, 0.3) is 22.8 Å². The largest absolute Gasteiger partial charge is 0.434 e. The molecule has 0 radical (unpaired) electrons. The number of alkyl halides is 3. The van der Waals surface area contributed by atoms with Crippen molar-refractivity contribution in [2.24, 2.45) is 7.05 Å². The zero-order valence-corrected chi connectivity index (χ0v) is 21.9. The normalized spacial score (nSPS) is 12.9. The molecule has 1 aromatic carbocycles. The zero-order chi connectivity index (χ0) is 28.6. The van der Waals surface area contributed by atoms with Crippen LogP contribution in [0.2, 0.25) is 0 Å². The number of halogens is 3. The van der Waals surface area contributed by atoms with E-state index in [1.807, 2.05) is 0 Å². The quantitative estimate of drug-likeness (QED) is 0.375. The number of likely N-dealkylation sites (N-methyl/N-ethyl adjacent to an activating group) is 1. The van der Waals surface area contributed by atoms with Crippen LogP contribution in [0.5, 0.6) is 0 Å². The SMILES string of the molecule is CN(C)C(=O)CNc1ncccc1-c1ncc2c(n1)N(Cc1ccc(-c3nc(C(F)(F)F)cn3C)cc1)C(=O)C2. The van der Waals surface area contributed by atoms with E-state index in [0.29, 0.717) is 34.2 Å². The molecule has 0 aliphatic carbocycles. The van der Waals surface area contributed by atoms with E-state index in [1.54, 1.807) is 67.8 Å². The monoisotopic (exact) mass is 550 g/mol. The first-order chi connectivity index (χ1) is 19.0. The number of imidazole rings is 1. The number of aromatic nitrogens is 5. The fourth-order valence-corrected chi connectivity index (χ4v) is 4.28. The van der Waals surface area contributed by atoms with Crippen molar-refractivity contribution in [2.75, 3.05) is 30.9 Å². The third-order valence-corrected chi connectivity index (χ3v) is 6.41. The lowest BCUT2D eigenvalue weighted by atomic mass is 10.1. The summed E-state index contributed by atoms with van der Waals surface area (Å²) >= 11 is 0. The number of aryl methyl sites for hydroxylation is 1. The molecule has 4 aromatic rings. The maximum Gasteiger partial charge on any atom is 0.434 e. The average molecular weight is 551 g/mol. The average Bonchev–Trinajstić information content (AvgIpc) is 3.47. The van der Waals surface area contributed by atoms with Crippen molar-refractivity contribution in [2.45, 2.75) is 19.1 Å². The van der Waals surface area contributed by atoms with E-state index in [9.17, 15) is 22.8 Å². The van der Waals surface area contributed by atoms with Crippen LogP contribution in [-0.2, 0) is 35.8 Å². The molecule has 0 fully saturated rings. The van der Waals surface area contributed by atoms with E-state index in [1.165, 1.54) is 16.5 Å². The number of pyridine rings is 1. The van der Waals surface area contributed by atoms with Gasteiger partial charge in [0.15, 0.2) is 11.5 Å². The third kappa shape index (κ3) is 5.35. The molecule has 206 valence electrons. The number of nitrogens with zero attached hydrogens (tertiary/aromatic N) is 7. The lowest BCUT2D eigenvalue weighted by Gasteiger charge is -2.18. The van der Waals surface area contributed by atoms with Crippen molar-refractivity contribution in [3.8, 4) is 22.8 Å². The summed E-state index contributed by atoms with van der Waals surface area (Å²) in [6, 6.07) is 10.3. The topological polar surface area (TPSA) is 109 Å². The Morgan fingerprint density at radius 2 is 1.85 bits per heavy atom. The molecule has 1 aliphatic rings. The molecule has 0 bridgehead atoms. The summed E-state index contributed by atoms with van der Waals surface area (Å²) in [7, 11) is 4.83. The summed E-state index contributed by atoms with van der Waals surface area (Å²) < 4.78 is 40.5. The number of carbonyl (C=O) groups is 2. The van der Waals surface area contributed by atoms with Gasteiger partial charge in [0.25, 0.3) is 0 Å². The van der Waals surface area contributed by atoms with Crippen molar-refractivity contribution in [1.82, 2.24) is 29.4 Å². The molecule has 10 nitrogen and oxygen atoms in total. The lowest BCUT2D eigenvalue weighted by Crippen LogP contribution is -2.29. The number of fused-ring (bicyclic) bond motifs is 1. The molecular weight excluding hydrogens is 525 g/mol. The van der Waals surface area contributed by atoms with E-state index in [4.69, 9.17) is 0 Å². The molecule has 4 heterocycles. The first kappa shape index (κ1) is 26.8. The van der Waals surface area contributed by atoms with Crippen molar-refractivity contribution in [3.63, 3.8) is 0 Å². The number of hydrogen-bond acceptors (Lipinski definition) is 7. The number of amides is 2. The Morgan fingerprint density at radius 1 is 1.10 bits per heavy atom. The van der Waals surface area contributed by atoms with Gasteiger partial charge in [0, 0.05) is 50.9 Å². The minimum Gasteiger partial charge on any atom is -0.360 e. The molecule has 3 aromatic heterocycles. The highest BCUT2D eigenvalue weighted by molar-refractivity contribution is 6.00. The molecule has 2 amide bonds. The Labute approximate surface area is 227 Å². The van der Waals surface area contributed by atoms with E-state index >= 15 is 0 Å². The van der Waals surface area contributed by atoms with E-state index in [0.717, 1.165) is 11.8 Å². The molecule has 0 saturated carbocycles. The predicted octanol–water partition coefficient (Wildman–Crippen LogP) is 3.55. The van der Waals surface area contributed by atoms with Crippen LogP contribution in [0.4, 0.5) is 24.8 Å². The second-order valence-corrected chi connectivity index (χ2v) is 9.50. The molecule has 1 N–H and O–H groups in total. The molecule has 0 spiro atoms. The van der Waals surface area contributed by atoms with Gasteiger partial charge in [-0.15, -0.1) is 0 Å². The Balaban J connectivity index is 1.38. The van der Waals surface area contributed by atoms with Gasteiger partial charge in [-0.2, -0.15) is 13.2 Å². The summed E-state index contributed by atoms with van der Waals surface area (Å²) in [5, 5.41) is 3.02. The van der Waals surface area contributed by atoms with Crippen molar-refractivity contribution >= 4 is 23.5 Å². The van der Waals surface area contributed by atoms with Crippen LogP contribution < -0.4 is 10.2 Å². The van der Waals surface area contributed by atoms with Crippen LogP contribution in [0.3, 0.4) is 0 Å². The molecule has 5 rings (SSSR count). The zero-order valence-electron chi connectivity index (χ0n) is 21.9. The van der Waals surface area contributed by atoms with E-state index < -0.39 is 11.9 Å². The lowest BCUT2D eigenvalue weighted by molar-refractivity contribution is -0.141. The standard InChI is InChI=1S/C27H25F3N8O2/c1-36(2)22(40)13-33-23-19(5-4-10-31-23)24-32-12-18-11-21(39)38(26(18)35-24)14-16-6-8-17(9-7-16)25-34-20(15-37(25)3)27(28,29)30/h4-10,12,15H,11,13-14H2,1-3H3,(H,31,33). The summed E-state index contributed by atoms with van der Waals surface area (Å²) in [6.07, 6.45) is -0.232. The summed E-state index contributed by atoms with van der Waals surface area (Å²) in [5.41, 5.74) is 1.58. The highest BCUT2D eigenvalue weighted by Crippen LogP contribution is 2.33. The maximum atomic E-state index is 13.1. The first-order valence-electron chi connectivity index (χ1n) is 12.3. The fourth-order valence-electron chi connectivity index (χ4n) is 4.28. The van der Waals surface area contributed by atoms with E-state index in [2.05, 4.69) is 25.3 Å². The molecular formula is C27H25F3N8O2. The first-order valence-corrected chi connectivity index (χ1v) is 12.3. The molecule has 13 heteroatoms. The van der Waals surface area contributed by atoms with Gasteiger partial charge >= 0.3 is 6.18 Å². The van der Waals surface area contributed by atoms with Gasteiger partial charge in [-0.1, -0.05) is 24.3 Å². The van der Waals surface area contributed by atoms with Gasteiger partial charge in [0.1, 0.15) is 17.5 Å². The smallest absolute Gasteiger partial charge is 0.360 e. The van der Waals surface area contributed by atoms with Crippen LogP contribution in [0.15, 0.2) is 55.0 Å². The number of nitrogens with one attached hydrogen (secondary N) is 1. The Morgan fingerprint density at radius 3 is 2.52 bits per heavy atom. The highest BCUT2D eigenvalue weighted by atomic mass is 19.4. The molecule has 0 unspecified atom stereocenters. The van der Waals surface area contributed by atoms with Gasteiger partial charge in [0.05, 0.1) is 25.1 Å². The minimum atomic E-state index is -4.53. The Bertz CT molecular complexity index is 1580. The number of carbonyl (C=O) groups excluding carboxylic acids is 2. The van der Waals surface area contributed by atoms with Gasteiger partial charge in [-0.3, -0.25) is 14.5 Å². The van der Waals surface area contributed by atoms with Gasteiger partial charge in [-0.05, 0) is 17.7 Å². The van der Waals surface area contributed by atoms with Gasteiger partial charge in [-0.25, -0.2) is 19.9 Å². The van der Waals surface area contributed by atoms with Crippen LogP contribution in [-0.4, -0.2) is 61.9 Å². The predicted molar refractivity (Wildman–Crippen MR) is 141 cm³/mol. The van der Waals surface area contributed by atoms with Gasteiger partial charge < -0.3 is 14.8 Å². The number of benzene rings is 1. The third-order valence-electron chi connectivity index (χ3n) is 6.41. The highest BCUT2D eigenvalue weighted by Gasteiger charge is 2.34.